The summed E-state index contributed by atoms with van der Waals surface area (Å²) in [5.74, 6) is -0.0694. The first-order chi connectivity index (χ1) is 13.8. The van der Waals surface area contributed by atoms with Crippen LogP contribution in [0.25, 0.3) is 10.9 Å². The average Bonchev–Trinajstić information content (AvgIpc) is 3.01. The van der Waals surface area contributed by atoms with E-state index in [1.807, 2.05) is 25.2 Å². The van der Waals surface area contributed by atoms with Gasteiger partial charge >= 0.3 is 6.18 Å². The van der Waals surface area contributed by atoms with E-state index in [4.69, 9.17) is 0 Å². The zero-order chi connectivity index (χ0) is 20.6. The second-order valence-corrected chi connectivity index (χ2v) is 7.18. The molecule has 4 rings (SSSR count). The van der Waals surface area contributed by atoms with Crippen LogP contribution in [0.3, 0.4) is 0 Å². The molecular weight excluding hydrogens is 381 g/mol. The Kier molecular flexibility index (Phi) is 4.96. The number of nitrogens with zero attached hydrogens (tertiary/aromatic N) is 3. The summed E-state index contributed by atoms with van der Waals surface area (Å²) in [5, 5.41) is 10.8. The number of aromatic amines is 1. The van der Waals surface area contributed by atoms with Gasteiger partial charge in [-0.1, -0.05) is 18.2 Å². The SMILES string of the molecule is CN1CCN(c2ccc(N=Cc3c(O)[nH]c4ccccc34)cc2C(F)(F)F)CC1. The van der Waals surface area contributed by atoms with Crippen LogP contribution < -0.4 is 4.90 Å². The average molecular weight is 402 g/mol. The summed E-state index contributed by atoms with van der Waals surface area (Å²) in [6.07, 6.45) is -3.09. The highest BCUT2D eigenvalue weighted by Crippen LogP contribution is 2.39. The lowest BCUT2D eigenvalue weighted by Gasteiger charge is -2.35. The van der Waals surface area contributed by atoms with Gasteiger partial charge < -0.3 is 19.9 Å². The summed E-state index contributed by atoms with van der Waals surface area (Å²) in [6.45, 7) is 2.53. The number of alkyl halides is 3. The molecule has 0 unspecified atom stereocenters. The Hall–Kier alpha value is -3.00. The summed E-state index contributed by atoms with van der Waals surface area (Å²) >= 11 is 0. The molecule has 0 radical (unpaired) electrons. The molecule has 0 saturated carbocycles. The van der Waals surface area contributed by atoms with E-state index in [1.165, 1.54) is 12.3 Å². The monoisotopic (exact) mass is 402 g/mol. The summed E-state index contributed by atoms with van der Waals surface area (Å²) in [7, 11) is 1.96. The lowest BCUT2D eigenvalue weighted by Crippen LogP contribution is -2.45. The van der Waals surface area contributed by atoms with Crippen molar-refractivity contribution in [1.82, 2.24) is 9.88 Å². The number of nitrogens with one attached hydrogen (secondary N) is 1. The smallest absolute Gasteiger partial charge is 0.418 e. The number of fused-ring (bicyclic) bond motifs is 1. The first kappa shape index (κ1) is 19.3. The number of likely N-dealkylation sites (N-methyl/N-ethyl adjacent to an activating group) is 1. The number of aliphatic imine (C=N–C) groups is 1. The summed E-state index contributed by atoms with van der Waals surface area (Å²) in [5.41, 5.74) is 0.837. The molecule has 2 aromatic carbocycles. The van der Waals surface area contributed by atoms with Crippen LogP contribution in [0.4, 0.5) is 24.5 Å². The Morgan fingerprint density at radius 1 is 1.07 bits per heavy atom. The van der Waals surface area contributed by atoms with Crippen LogP contribution in [0.1, 0.15) is 11.1 Å². The molecule has 5 nitrogen and oxygen atoms in total. The molecule has 1 aromatic heterocycles. The molecule has 2 N–H and O–H groups in total. The van der Waals surface area contributed by atoms with Crippen LogP contribution in [0.2, 0.25) is 0 Å². The maximum atomic E-state index is 13.7. The molecule has 1 aliphatic heterocycles. The second kappa shape index (κ2) is 7.44. The maximum absolute atomic E-state index is 13.7. The number of piperazine rings is 1. The van der Waals surface area contributed by atoms with Gasteiger partial charge in [-0.15, -0.1) is 0 Å². The minimum atomic E-state index is -4.48. The maximum Gasteiger partial charge on any atom is 0.418 e. The third kappa shape index (κ3) is 3.93. The third-order valence-corrected chi connectivity index (χ3v) is 5.20. The van der Waals surface area contributed by atoms with E-state index in [-0.39, 0.29) is 17.3 Å². The molecule has 2 heterocycles. The van der Waals surface area contributed by atoms with Gasteiger partial charge in [0.1, 0.15) is 0 Å². The number of benzene rings is 2. The highest BCUT2D eigenvalue weighted by Gasteiger charge is 2.35. The topological polar surface area (TPSA) is 54.9 Å². The molecule has 1 saturated heterocycles. The lowest BCUT2D eigenvalue weighted by molar-refractivity contribution is -0.137. The van der Waals surface area contributed by atoms with Gasteiger partial charge in [0, 0.05) is 49.0 Å². The molecule has 0 spiro atoms. The van der Waals surface area contributed by atoms with E-state index < -0.39 is 11.7 Å². The van der Waals surface area contributed by atoms with Gasteiger partial charge in [0.2, 0.25) is 0 Å². The molecule has 3 aromatic rings. The number of anilines is 1. The van der Waals surface area contributed by atoms with Crippen molar-refractivity contribution in [2.75, 3.05) is 38.1 Å². The van der Waals surface area contributed by atoms with E-state index in [0.29, 0.717) is 18.7 Å². The van der Waals surface area contributed by atoms with Crippen LogP contribution >= 0.6 is 0 Å². The molecule has 0 bridgehead atoms. The van der Waals surface area contributed by atoms with Crippen molar-refractivity contribution in [3.63, 3.8) is 0 Å². The summed E-state index contributed by atoms with van der Waals surface area (Å²) < 4.78 is 41.1. The van der Waals surface area contributed by atoms with E-state index in [1.54, 1.807) is 17.0 Å². The molecule has 1 aliphatic rings. The van der Waals surface area contributed by atoms with Crippen LogP contribution in [0.15, 0.2) is 47.5 Å². The van der Waals surface area contributed by atoms with Gasteiger partial charge in [-0.05, 0) is 31.3 Å². The Bertz CT molecular complexity index is 1050. The van der Waals surface area contributed by atoms with Crippen molar-refractivity contribution >= 4 is 28.5 Å². The number of hydrogen-bond donors (Lipinski definition) is 2. The fraction of sp³-hybridized carbons (Fsp3) is 0.286. The highest BCUT2D eigenvalue weighted by molar-refractivity contribution is 6.02. The van der Waals surface area contributed by atoms with Crippen LogP contribution in [0.5, 0.6) is 5.88 Å². The molecule has 0 atom stereocenters. The van der Waals surface area contributed by atoms with Gasteiger partial charge in [0.05, 0.1) is 16.8 Å². The molecule has 152 valence electrons. The predicted molar refractivity (Wildman–Crippen MR) is 108 cm³/mol. The van der Waals surface area contributed by atoms with Gasteiger partial charge in [-0.3, -0.25) is 4.99 Å². The molecule has 0 aliphatic carbocycles. The van der Waals surface area contributed by atoms with Crippen molar-refractivity contribution in [3.05, 3.63) is 53.6 Å². The third-order valence-electron chi connectivity index (χ3n) is 5.20. The van der Waals surface area contributed by atoms with Crippen molar-refractivity contribution in [2.24, 2.45) is 4.99 Å². The van der Waals surface area contributed by atoms with Crippen LogP contribution in [-0.2, 0) is 6.18 Å². The zero-order valence-corrected chi connectivity index (χ0v) is 15.9. The van der Waals surface area contributed by atoms with Crippen LogP contribution in [0, 0.1) is 0 Å². The molecule has 0 amide bonds. The van der Waals surface area contributed by atoms with Gasteiger partial charge in [-0.25, -0.2) is 0 Å². The fourth-order valence-electron chi connectivity index (χ4n) is 3.57. The largest absolute Gasteiger partial charge is 0.494 e. The number of halogens is 3. The highest BCUT2D eigenvalue weighted by atomic mass is 19.4. The van der Waals surface area contributed by atoms with Gasteiger partial charge in [0.15, 0.2) is 5.88 Å². The van der Waals surface area contributed by atoms with Crippen molar-refractivity contribution in [3.8, 4) is 5.88 Å². The van der Waals surface area contributed by atoms with E-state index >= 15 is 0 Å². The van der Waals surface area contributed by atoms with E-state index in [0.717, 1.165) is 30.1 Å². The second-order valence-electron chi connectivity index (χ2n) is 7.18. The van der Waals surface area contributed by atoms with Gasteiger partial charge in [0.25, 0.3) is 0 Å². The predicted octanol–water partition coefficient (Wildman–Crippen LogP) is 4.39. The summed E-state index contributed by atoms with van der Waals surface area (Å²) in [4.78, 5) is 10.9. The van der Waals surface area contributed by atoms with E-state index in [9.17, 15) is 18.3 Å². The zero-order valence-electron chi connectivity index (χ0n) is 15.9. The number of rotatable bonds is 3. The molecular formula is C21H21F3N4O. The van der Waals surface area contributed by atoms with Crippen molar-refractivity contribution < 1.29 is 18.3 Å². The molecule has 29 heavy (non-hydrogen) atoms. The first-order valence-electron chi connectivity index (χ1n) is 9.31. The fourth-order valence-corrected chi connectivity index (χ4v) is 3.57. The Morgan fingerprint density at radius 3 is 2.52 bits per heavy atom. The number of aromatic nitrogens is 1. The number of para-hydroxylation sites is 1. The van der Waals surface area contributed by atoms with Crippen LogP contribution in [-0.4, -0.2) is 54.4 Å². The lowest BCUT2D eigenvalue weighted by atomic mass is 10.1. The minimum Gasteiger partial charge on any atom is -0.494 e. The quantitative estimate of drug-likeness (QED) is 0.639. The Balaban J connectivity index is 1.68. The molecule has 8 heteroatoms. The minimum absolute atomic E-state index is 0.0694. The van der Waals surface area contributed by atoms with Crippen molar-refractivity contribution in [1.29, 1.82) is 0 Å². The summed E-state index contributed by atoms with van der Waals surface area (Å²) in [6, 6.07) is 11.4. The number of hydrogen-bond acceptors (Lipinski definition) is 4. The van der Waals surface area contributed by atoms with Crippen molar-refractivity contribution in [2.45, 2.75) is 6.18 Å². The Morgan fingerprint density at radius 2 is 1.79 bits per heavy atom. The Labute approximate surface area is 166 Å². The standard InChI is InChI=1S/C21H21F3N4O/c1-27-8-10-28(11-9-27)19-7-6-14(12-17(19)21(22,23)24)25-13-16-15-4-2-3-5-18(15)26-20(16)29/h2-7,12-13,26,29H,8-11H2,1H3. The molecule has 1 fully saturated rings. The number of H-pyrrole nitrogens is 1. The first-order valence-corrected chi connectivity index (χ1v) is 9.31. The number of aromatic hydroxyl groups is 1. The van der Waals surface area contributed by atoms with E-state index in [2.05, 4.69) is 14.9 Å². The van der Waals surface area contributed by atoms with Gasteiger partial charge in [-0.2, -0.15) is 13.2 Å². The normalized spacial score (nSPS) is 16.2.